The zero-order valence-electron chi connectivity index (χ0n) is 13.4. The van der Waals surface area contributed by atoms with E-state index in [1.807, 2.05) is 6.92 Å². The van der Waals surface area contributed by atoms with Crippen molar-refractivity contribution in [1.82, 2.24) is 15.1 Å². The second kappa shape index (κ2) is 8.48. The Morgan fingerprint density at radius 3 is 2.84 bits per heavy atom. The van der Waals surface area contributed by atoms with E-state index in [0.29, 0.717) is 17.7 Å². The van der Waals surface area contributed by atoms with Gasteiger partial charge in [-0.25, -0.2) is 0 Å². The van der Waals surface area contributed by atoms with Crippen LogP contribution >= 0.6 is 15.9 Å². The Kier molecular flexibility index (Phi) is 6.60. The SMILES string of the molecule is CCn1ncc(Br)c1CNC(=O)c1cccc(COCC(F)(F)F)c1. The molecule has 1 N–H and O–H groups in total. The molecule has 0 aliphatic carbocycles. The molecule has 0 unspecified atom stereocenters. The van der Waals surface area contributed by atoms with Crippen molar-refractivity contribution in [3.8, 4) is 0 Å². The first kappa shape index (κ1) is 19.5. The lowest BCUT2D eigenvalue weighted by Crippen LogP contribution is -2.24. The first-order chi connectivity index (χ1) is 11.8. The van der Waals surface area contributed by atoms with Crippen molar-refractivity contribution in [2.45, 2.75) is 32.8 Å². The van der Waals surface area contributed by atoms with Gasteiger partial charge in [-0.1, -0.05) is 12.1 Å². The van der Waals surface area contributed by atoms with Gasteiger partial charge >= 0.3 is 6.18 Å². The Balaban J connectivity index is 1.95. The Morgan fingerprint density at radius 2 is 2.16 bits per heavy atom. The molecular weight excluding hydrogens is 403 g/mol. The molecule has 0 aliphatic heterocycles. The lowest BCUT2D eigenvalue weighted by Gasteiger charge is -2.10. The maximum atomic E-state index is 12.3. The van der Waals surface area contributed by atoms with Gasteiger partial charge in [0.05, 0.1) is 29.5 Å². The minimum absolute atomic E-state index is 0.214. The van der Waals surface area contributed by atoms with Gasteiger partial charge in [-0.15, -0.1) is 0 Å². The number of hydrogen-bond acceptors (Lipinski definition) is 3. The second-order valence-electron chi connectivity index (χ2n) is 5.25. The Hall–Kier alpha value is -1.87. The summed E-state index contributed by atoms with van der Waals surface area (Å²) < 4.78 is 43.4. The molecule has 1 aromatic heterocycles. The Morgan fingerprint density at radius 1 is 1.40 bits per heavy atom. The smallest absolute Gasteiger partial charge is 0.367 e. The number of amides is 1. The van der Waals surface area contributed by atoms with E-state index in [2.05, 4.69) is 31.1 Å². The van der Waals surface area contributed by atoms with Gasteiger partial charge in [0.1, 0.15) is 6.61 Å². The second-order valence-corrected chi connectivity index (χ2v) is 6.10. The number of carbonyl (C=O) groups is 1. The highest BCUT2D eigenvalue weighted by Crippen LogP contribution is 2.17. The number of aryl methyl sites for hydroxylation is 1. The predicted molar refractivity (Wildman–Crippen MR) is 88.9 cm³/mol. The molecule has 0 fully saturated rings. The zero-order valence-corrected chi connectivity index (χ0v) is 15.0. The number of hydrogen-bond donors (Lipinski definition) is 1. The third-order valence-corrected chi connectivity index (χ3v) is 4.00. The molecule has 0 radical (unpaired) electrons. The van der Waals surface area contributed by atoms with E-state index in [1.165, 1.54) is 6.07 Å². The van der Waals surface area contributed by atoms with E-state index in [0.717, 1.165) is 10.2 Å². The summed E-state index contributed by atoms with van der Waals surface area (Å²) in [6.45, 7) is 1.35. The first-order valence-electron chi connectivity index (χ1n) is 7.52. The molecule has 0 saturated carbocycles. The molecule has 1 aromatic carbocycles. The topological polar surface area (TPSA) is 56.2 Å². The first-order valence-corrected chi connectivity index (χ1v) is 8.31. The van der Waals surface area contributed by atoms with Crippen molar-refractivity contribution >= 4 is 21.8 Å². The number of aromatic nitrogens is 2. The highest BCUT2D eigenvalue weighted by atomic mass is 79.9. The Bertz CT molecular complexity index is 732. The van der Waals surface area contributed by atoms with Crippen LogP contribution in [0.4, 0.5) is 13.2 Å². The van der Waals surface area contributed by atoms with Crippen molar-refractivity contribution in [2.75, 3.05) is 6.61 Å². The summed E-state index contributed by atoms with van der Waals surface area (Å²) in [5, 5.41) is 6.94. The van der Waals surface area contributed by atoms with Gasteiger partial charge < -0.3 is 10.1 Å². The van der Waals surface area contributed by atoms with Crippen LogP contribution in [0.5, 0.6) is 0 Å². The van der Waals surface area contributed by atoms with Crippen LogP contribution in [0.2, 0.25) is 0 Å². The molecule has 0 spiro atoms. The predicted octanol–water partition coefficient (Wildman–Crippen LogP) is 3.67. The van der Waals surface area contributed by atoms with Gasteiger partial charge in [-0.3, -0.25) is 9.48 Å². The van der Waals surface area contributed by atoms with Gasteiger partial charge in [0.15, 0.2) is 0 Å². The van der Waals surface area contributed by atoms with E-state index >= 15 is 0 Å². The number of nitrogens with one attached hydrogen (secondary N) is 1. The molecule has 1 heterocycles. The fourth-order valence-corrected chi connectivity index (χ4v) is 2.63. The highest BCUT2D eigenvalue weighted by molar-refractivity contribution is 9.10. The molecule has 2 rings (SSSR count). The monoisotopic (exact) mass is 419 g/mol. The lowest BCUT2D eigenvalue weighted by molar-refractivity contribution is -0.176. The molecule has 25 heavy (non-hydrogen) atoms. The largest absolute Gasteiger partial charge is 0.411 e. The molecule has 0 aliphatic rings. The van der Waals surface area contributed by atoms with Crippen LogP contribution in [-0.4, -0.2) is 28.5 Å². The molecule has 0 bridgehead atoms. The van der Waals surface area contributed by atoms with Crippen molar-refractivity contribution in [2.24, 2.45) is 0 Å². The third kappa shape index (κ3) is 5.86. The van der Waals surface area contributed by atoms with Crippen LogP contribution in [0.3, 0.4) is 0 Å². The van der Waals surface area contributed by atoms with Gasteiger partial charge in [-0.2, -0.15) is 18.3 Å². The lowest BCUT2D eigenvalue weighted by atomic mass is 10.1. The van der Waals surface area contributed by atoms with E-state index in [-0.39, 0.29) is 19.1 Å². The molecule has 136 valence electrons. The molecule has 1 amide bonds. The van der Waals surface area contributed by atoms with Gasteiger partial charge in [0.2, 0.25) is 0 Å². The number of rotatable bonds is 7. The van der Waals surface area contributed by atoms with Crippen molar-refractivity contribution < 1.29 is 22.7 Å². The number of ether oxygens (including phenoxy) is 1. The van der Waals surface area contributed by atoms with Gasteiger partial charge in [0.25, 0.3) is 5.91 Å². The maximum Gasteiger partial charge on any atom is 0.411 e. The molecular formula is C16H17BrF3N3O2. The van der Waals surface area contributed by atoms with Crippen LogP contribution in [0.25, 0.3) is 0 Å². The van der Waals surface area contributed by atoms with E-state index in [9.17, 15) is 18.0 Å². The minimum atomic E-state index is -4.37. The quantitative estimate of drug-likeness (QED) is 0.744. The van der Waals surface area contributed by atoms with Crippen molar-refractivity contribution in [3.05, 3.63) is 51.8 Å². The number of nitrogens with zero attached hydrogens (tertiary/aromatic N) is 2. The van der Waals surface area contributed by atoms with Gasteiger partial charge in [-0.05, 0) is 40.5 Å². The summed E-state index contributed by atoms with van der Waals surface area (Å²) in [6.07, 6.45) is -2.71. The molecule has 5 nitrogen and oxygen atoms in total. The summed E-state index contributed by atoms with van der Waals surface area (Å²) in [4.78, 5) is 12.3. The number of carbonyl (C=O) groups excluding carboxylic acids is 1. The van der Waals surface area contributed by atoms with Crippen LogP contribution in [-0.2, 0) is 24.4 Å². The number of alkyl halides is 3. The summed E-state index contributed by atoms with van der Waals surface area (Å²) in [6, 6.07) is 6.32. The van der Waals surface area contributed by atoms with Crippen LogP contribution in [0, 0.1) is 0 Å². The van der Waals surface area contributed by atoms with Crippen molar-refractivity contribution in [3.63, 3.8) is 0 Å². The summed E-state index contributed by atoms with van der Waals surface area (Å²) in [5.41, 5.74) is 1.68. The van der Waals surface area contributed by atoms with Crippen LogP contribution in [0.1, 0.15) is 28.5 Å². The summed E-state index contributed by atoms with van der Waals surface area (Å²) in [5.74, 6) is -0.326. The van der Waals surface area contributed by atoms with Crippen LogP contribution < -0.4 is 5.32 Å². The van der Waals surface area contributed by atoms with E-state index in [4.69, 9.17) is 0 Å². The van der Waals surface area contributed by atoms with E-state index < -0.39 is 12.8 Å². The number of benzene rings is 1. The fourth-order valence-electron chi connectivity index (χ4n) is 2.19. The molecule has 0 saturated heterocycles. The summed E-state index contributed by atoms with van der Waals surface area (Å²) in [7, 11) is 0. The normalized spacial score (nSPS) is 11.6. The average Bonchev–Trinajstić information content (AvgIpc) is 2.91. The molecule has 0 atom stereocenters. The molecule has 2 aromatic rings. The minimum Gasteiger partial charge on any atom is -0.367 e. The fraction of sp³-hybridized carbons (Fsp3) is 0.375. The van der Waals surface area contributed by atoms with E-state index in [1.54, 1.807) is 29.1 Å². The molecule has 9 heteroatoms. The highest BCUT2D eigenvalue weighted by Gasteiger charge is 2.27. The zero-order chi connectivity index (χ0) is 18.4. The third-order valence-electron chi connectivity index (χ3n) is 3.34. The van der Waals surface area contributed by atoms with Gasteiger partial charge in [0, 0.05) is 12.1 Å². The maximum absolute atomic E-state index is 12.3. The van der Waals surface area contributed by atoms with Crippen molar-refractivity contribution in [1.29, 1.82) is 0 Å². The number of halogens is 4. The Labute approximate surface area is 151 Å². The summed E-state index contributed by atoms with van der Waals surface area (Å²) >= 11 is 3.38. The standard InChI is InChI=1S/C16H17BrF3N3O2/c1-2-23-14(13(17)7-22-23)8-21-15(24)12-5-3-4-11(6-12)9-25-10-16(18,19)20/h3-7H,2,8-10H2,1H3,(H,21,24). The van der Waals surface area contributed by atoms with Crippen LogP contribution in [0.15, 0.2) is 34.9 Å². The average molecular weight is 420 g/mol.